The zero-order chi connectivity index (χ0) is 17.5. The molecule has 128 valence electrons. The van der Waals surface area contributed by atoms with Gasteiger partial charge in [0.25, 0.3) is 0 Å². The first kappa shape index (κ1) is 18.3. The highest BCUT2D eigenvalue weighted by Crippen LogP contribution is 2.17. The van der Waals surface area contributed by atoms with Gasteiger partial charge in [0.15, 0.2) is 0 Å². The maximum absolute atomic E-state index is 12.4. The van der Waals surface area contributed by atoms with Crippen molar-refractivity contribution in [3.63, 3.8) is 0 Å². The van der Waals surface area contributed by atoms with Crippen LogP contribution in [0.1, 0.15) is 31.0 Å². The van der Waals surface area contributed by atoms with Crippen molar-refractivity contribution in [3.05, 3.63) is 64.7 Å². The highest BCUT2D eigenvalue weighted by atomic mass is 35.5. The molecule has 0 aliphatic carbocycles. The Morgan fingerprint density at radius 3 is 2.54 bits per heavy atom. The van der Waals surface area contributed by atoms with Crippen molar-refractivity contribution in [3.8, 4) is 0 Å². The number of nitrogens with one attached hydrogen (secondary N) is 2. The largest absolute Gasteiger partial charge is 0.380 e. The molecule has 0 spiro atoms. The van der Waals surface area contributed by atoms with Crippen molar-refractivity contribution in [2.24, 2.45) is 0 Å². The number of halogens is 1. The zero-order valence-corrected chi connectivity index (χ0v) is 14.9. The number of benzene rings is 2. The summed E-state index contributed by atoms with van der Waals surface area (Å²) >= 11 is 5.89. The van der Waals surface area contributed by atoms with E-state index in [0.717, 1.165) is 16.8 Å². The lowest BCUT2D eigenvalue weighted by Gasteiger charge is -2.20. The van der Waals surface area contributed by atoms with Crippen molar-refractivity contribution in [1.82, 2.24) is 5.32 Å². The van der Waals surface area contributed by atoms with E-state index < -0.39 is 0 Å². The third-order valence-electron chi connectivity index (χ3n) is 3.74. The number of carbonyl (C=O) groups excluding carboxylic acids is 1. The fourth-order valence-corrected chi connectivity index (χ4v) is 2.53. The van der Waals surface area contributed by atoms with E-state index in [-0.39, 0.29) is 18.0 Å². The fraction of sp³-hybridized carbons (Fsp3) is 0.316. The van der Waals surface area contributed by atoms with Gasteiger partial charge in [0, 0.05) is 17.8 Å². The number of hydrogen-bond acceptors (Lipinski definition) is 3. The van der Waals surface area contributed by atoms with Crippen molar-refractivity contribution in [1.29, 1.82) is 0 Å². The van der Waals surface area contributed by atoms with E-state index in [9.17, 15) is 4.79 Å². The van der Waals surface area contributed by atoms with Crippen molar-refractivity contribution in [2.45, 2.75) is 32.5 Å². The second kappa shape index (κ2) is 8.71. The van der Waals surface area contributed by atoms with Crippen LogP contribution in [0.25, 0.3) is 0 Å². The zero-order valence-electron chi connectivity index (χ0n) is 14.2. The summed E-state index contributed by atoms with van der Waals surface area (Å²) in [7, 11) is 1.66. The predicted octanol–water partition coefficient (Wildman–Crippen LogP) is 4.16. The van der Waals surface area contributed by atoms with Crippen molar-refractivity contribution < 1.29 is 9.53 Å². The van der Waals surface area contributed by atoms with Gasteiger partial charge in [-0.15, -0.1) is 0 Å². The Morgan fingerprint density at radius 2 is 1.88 bits per heavy atom. The molecule has 2 unspecified atom stereocenters. The second-order valence-corrected chi connectivity index (χ2v) is 6.22. The van der Waals surface area contributed by atoms with Crippen LogP contribution >= 0.6 is 11.6 Å². The molecule has 0 saturated carbocycles. The number of rotatable bonds is 7. The van der Waals surface area contributed by atoms with Gasteiger partial charge in [-0.25, -0.2) is 0 Å². The van der Waals surface area contributed by atoms with Crippen LogP contribution < -0.4 is 10.6 Å². The third kappa shape index (κ3) is 5.25. The minimum absolute atomic E-state index is 0.0606. The number of methoxy groups -OCH3 is 1. The van der Waals surface area contributed by atoms with Crippen LogP contribution in [-0.2, 0) is 16.1 Å². The number of amides is 1. The molecule has 0 bridgehead atoms. The van der Waals surface area contributed by atoms with E-state index in [1.165, 1.54) is 0 Å². The molecule has 0 saturated heterocycles. The van der Waals surface area contributed by atoms with Gasteiger partial charge < -0.3 is 15.4 Å². The topological polar surface area (TPSA) is 50.4 Å². The number of anilines is 1. The Hall–Kier alpha value is -2.04. The molecule has 5 heteroatoms. The molecule has 2 atom stereocenters. The van der Waals surface area contributed by atoms with Gasteiger partial charge in [0.1, 0.15) is 6.04 Å². The lowest BCUT2D eigenvalue weighted by molar-refractivity contribution is -0.122. The highest BCUT2D eigenvalue weighted by Gasteiger charge is 2.16. The molecule has 2 rings (SSSR count). The second-order valence-electron chi connectivity index (χ2n) is 5.78. The quantitative estimate of drug-likeness (QED) is 0.791. The molecule has 0 radical (unpaired) electrons. The Bertz CT molecular complexity index is 673. The number of carbonyl (C=O) groups is 1. The van der Waals surface area contributed by atoms with Gasteiger partial charge in [0.05, 0.1) is 12.6 Å². The van der Waals surface area contributed by atoms with E-state index in [1.807, 2.05) is 62.4 Å². The molecule has 0 heterocycles. The predicted molar refractivity (Wildman–Crippen MR) is 98.2 cm³/mol. The molecular formula is C19H23ClN2O2. The molecule has 1 amide bonds. The van der Waals surface area contributed by atoms with Crippen LogP contribution in [0.5, 0.6) is 0 Å². The summed E-state index contributed by atoms with van der Waals surface area (Å²) in [6.07, 6.45) is 0. The van der Waals surface area contributed by atoms with Crippen LogP contribution in [0.2, 0.25) is 5.02 Å². The Labute approximate surface area is 148 Å². The first-order chi connectivity index (χ1) is 11.5. The third-order valence-corrected chi connectivity index (χ3v) is 4.00. The average Bonchev–Trinajstić information content (AvgIpc) is 2.56. The molecule has 24 heavy (non-hydrogen) atoms. The lowest BCUT2D eigenvalue weighted by atomic mass is 10.1. The van der Waals surface area contributed by atoms with Gasteiger partial charge in [0.2, 0.25) is 5.91 Å². The van der Waals surface area contributed by atoms with Gasteiger partial charge in [-0.3, -0.25) is 4.79 Å². The minimum atomic E-state index is -0.349. The van der Waals surface area contributed by atoms with E-state index in [2.05, 4.69) is 10.6 Å². The summed E-state index contributed by atoms with van der Waals surface area (Å²) < 4.78 is 5.13. The van der Waals surface area contributed by atoms with Crippen LogP contribution in [0.4, 0.5) is 5.69 Å². The van der Waals surface area contributed by atoms with Crippen molar-refractivity contribution in [2.75, 3.05) is 12.4 Å². The minimum Gasteiger partial charge on any atom is -0.380 e. The lowest BCUT2D eigenvalue weighted by Crippen LogP contribution is -2.38. The summed E-state index contributed by atoms with van der Waals surface area (Å²) in [5, 5.41) is 6.91. The van der Waals surface area contributed by atoms with E-state index >= 15 is 0 Å². The Balaban J connectivity index is 1.94. The number of ether oxygens (including phenoxy) is 1. The van der Waals surface area contributed by atoms with E-state index in [1.54, 1.807) is 7.11 Å². The first-order valence-corrected chi connectivity index (χ1v) is 8.27. The monoisotopic (exact) mass is 346 g/mol. The van der Waals surface area contributed by atoms with Gasteiger partial charge in [-0.05, 0) is 49.2 Å². The molecule has 2 aromatic carbocycles. The van der Waals surface area contributed by atoms with Gasteiger partial charge in [-0.2, -0.15) is 0 Å². The summed E-state index contributed by atoms with van der Waals surface area (Å²) in [6.45, 7) is 4.34. The maximum Gasteiger partial charge on any atom is 0.242 e. The molecule has 2 aromatic rings. The molecule has 0 aromatic heterocycles. The standard InChI is InChI=1S/C19H23ClN2O2/c1-13(16-7-9-17(20)10-8-16)22-19(23)14(2)21-18-6-4-5-15(11-18)12-24-3/h4-11,13-14,21H,12H2,1-3H3,(H,22,23). The molecular weight excluding hydrogens is 324 g/mol. The normalized spacial score (nSPS) is 13.2. The summed E-state index contributed by atoms with van der Waals surface area (Å²) in [5.41, 5.74) is 2.97. The van der Waals surface area contributed by atoms with E-state index in [4.69, 9.17) is 16.3 Å². The smallest absolute Gasteiger partial charge is 0.242 e. The summed E-state index contributed by atoms with van der Waals surface area (Å²) in [4.78, 5) is 12.4. The molecule has 0 fully saturated rings. The highest BCUT2D eigenvalue weighted by molar-refractivity contribution is 6.30. The number of hydrogen-bond donors (Lipinski definition) is 2. The summed E-state index contributed by atoms with van der Waals surface area (Å²) in [5.74, 6) is -0.0606. The average molecular weight is 347 g/mol. The van der Waals surface area contributed by atoms with Crippen LogP contribution in [0.15, 0.2) is 48.5 Å². The Kier molecular flexibility index (Phi) is 6.64. The SMILES string of the molecule is COCc1cccc(NC(C)C(=O)NC(C)c2ccc(Cl)cc2)c1. The van der Waals surface area contributed by atoms with Gasteiger partial charge in [-0.1, -0.05) is 35.9 Å². The molecule has 0 aliphatic heterocycles. The first-order valence-electron chi connectivity index (χ1n) is 7.90. The van der Waals surface area contributed by atoms with Crippen LogP contribution in [0.3, 0.4) is 0 Å². The maximum atomic E-state index is 12.4. The molecule has 0 aliphatic rings. The molecule has 2 N–H and O–H groups in total. The Morgan fingerprint density at radius 1 is 1.17 bits per heavy atom. The van der Waals surface area contributed by atoms with Crippen LogP contribution in [0, 0.1) is 0 Å². The summed E-state index contributed by atoms with van der Waals surface area (Å²) in [6, 6.07) is 14.9. The van der Waals surface area contributed by atoms with Crippen molar-refractivity contribution >= 4 is 23.2 Å². The van der Waals surface area contributed by atoms with E-state index in [0.29, 0.717) is 11.6 Å². The molecule has 4 nitrogen and oxygen atoms in total. The van der Waals surface area contributed by atoms with Gasteiger partial charge >= 0.3 is 0 Å². The fourth-order valence-electron chi connectivity index (χ4n) is 2.41. The van der Waals surface area contributed by atoms with Crippen LogP contribution in [-0.4, -0.2) is 19.1 Å².